The van der Waals surface area contributed by atoms with Crippen LogP contribution < -0.4 is 19.5 Å². The molecule has 0 saturated carbocycles. The molecule has 0 unspecified atom stereocenters. The van der Waals surface area contributed by atoms with Crippen LogP contribution in [0.2, 0.25) is 0 Å². The van der Waals surface area contributed by atoms with Crippen LogP contribution >= 0.6 is 15.9 Å². The number of aliphatic imine (C=N–C) groups is 1. The molecule has 2 aromatic carbocycles. The molecule has 0 spiro atoms. The Bertz CT molecular complexity index is 1220. The number of benzene rings is 2. The van der Waals surface area contributed by atoms with Gasteiger partial charge in [0.2, 0.25) is 0 Å². The largest absolute Gasteiger partial charge is 0.493 e. The molecular formula is C25H26BrN5O4. The topological polar surface area (TPSA) is 90.3 Å². The number of ether oxygens (including phenoxy) is 4. The molecule has 2 aliphatic rings. The minimum Gasteiger partial charge on any atom is -0.493 e. The van der Waals surface area contributed by atoms with Crippen LogP contribution in [-0.2, 0) is 4.74 Å². The monoisotopic (exact) mass is 539 g/mol. The number of hydrogen-bond acceptors (Lipinski definition) is 9. The predicted octanol–water partition coefficient (Wildman–Crippen LogP) is 4.95. The Morgan fingerprint density at radius 3 is 2.83 bits per heavy atom. The summed E-state index contributed by atoms with van der Waals surface area (Å²) in [5.41, 5.74) is 2.14. The van der Waals surface area contributed by atoms with Crippen molar-refractivity contribution in [3.63, 3.8) is 0 Å². The van der Waals surface area contributed by atoms with Gasteiger partial charge in [-0.25, -0.2) is 9.98 Å². The molecule has 9 nitrogen and oxygen atoms in total. The van der Waals surface area contributed by atoms with Gasteiger partial charge in [-0.05, 0) is 30.7 Å². The Balaban J connectivity index is 1.32. The van der Waals surface area contributed by atoms with Crippen LogP contribution in [0.5, 0.6) is 23.1 Å². The van der Waals surface area contributed by atoms with E-state index in [4.69, 9.17) is 18.9 Å². The molecule has 0 radical (unpaired) electrons. The fraction of sp³-hybridized carbons (Fsp3) is 0.320. The van der Waals surface area contributed by atoms with E-state index >= 15 is 0 Å². The van der Waals surface area contributed by atoms with Crippen LogP contribution in [-0.4, -0.2) is 67.6 Å². The average molecular weight is 540 g/mol. The normalized spacial score (nSPS) is 14.9. The summed E-state index contributed by atoms with van der Waals surface area (Å²) in [6, 6.07) is 11.5. The molecule has 35 heavy (non-hydrogen) atoms. The summed E-state index contributed by atoms with van der Waals surface area (Å²) in [6.45, 7) is 5.09. The number of hydrogen-bond donors (Lipinski definition) is 1. The van der Waals surface area contributed by atoms with Gasteiger partial charge >= 0.3 is 0 Å². The number of methoxy groups -OCH3 is 1. The molecule has 3 aromatic rings. The molecule has 1 aromatic heterocycles. The molecule has 0 atom stereocenters. The molecule has 3 heterocycles. The Kier molecular flexibility index (Phi) is 7.41. The maximum atomic E-state index is 6.13. The van der Waals surface area contributed by atoms with Gasteiger partial charge in [0.05, 0.1) is 26.9 Å². The van der Waals surface area contributed by atoms with Gasteiger partial charge in [-0.3, -0.25) is 4.90 Å². The molecule has 1 saturated heterocycles. The summed E-state index contributed by atoms with van der Waals surface area (Å²) in [6.07, 6.45) is 4.09. The summed E-state index contributed by atoms with van der Waals surface area (Å²) >= 11 is 3.49. The first kappa shape index (κ1) is 23.5. The molecule has 0 aliphatic carbocycles. The lowest BCUT2D eigenvalue weighted by Crippen LogP contribution is -2.37. The van der Waals surface area contributed by atoms with Crippen molar-refractivity contribution in [2.75, 3.05) is 51.9 Å². The fourth-order valence-corrected chi connectivity index (χ4v) is 4.30. The number of aromatic nitrogens is 2. The average Bonchev–Trinajstić information content (AvgIpc) is 3.06. The summed E-state index contributed by atoms with van der Waals surface area (Å²) in [5.74, 6) is 2.72. The maximum absolute atomic E-state index is 6.13. The first-order valence-corrected chi connectivity index (χ1v) is 12.2. The first-order chi connectivity index (χ1) is 17.2. The molecule has 182 valence electrons. The highest BCUT2D eigenvalue weighted by Crippen LogP contribution is 2.42. The molecule has 2 aliphatic heterocycles. The van der Waals surface area contributed by atoms with Crippen molar-refractivity contribution in [1.82, 2.24) is 14.9 Å². The third-order valence-corrected chi connectivity index (χ3v) is 6.18. The maximum Gasteiger partial charge on any atom is 0.250 e. The van der Waals surface area contributed by atoms with Crippen LogP contribution in [0.25, 0.3) is 0 Å². The lowest BCUT2D eigenvalue weighted by molar-refractivity contribution is 0.0357. The zero-order chi connectivity index (χ0) is 24.0. The van der Waals surface area contributed by atoms with Gasteiger partial charge in [-0.1, -0.05) is 22.0 Å². The van der Waals surface area contributed by atoms with E-state index in [1.54, 1.807) is 19.4 Å². The molecule has 1 fully saturated rings. The second kappa shape index (κ2) is 11.0. The minimum absolute atomic E-state index is 0.355. The number of anilines is 2. The molecule has 1 N–H and O–H groups in total. The van der Waals surface area contributed by atoms with Gasteiger partial charge in [-0.2, -0.15) is 4.98 Å². The highest BCUT2D eigenvalue weighted by atomic mass is 79.9. The van der Waals surface area contributed by atoms with Gasteiger partial charge in [0.25, 0.3) is 5.88 Å². The summed E-state index contributed by atoms with van der Waals surface area (Å²) in [4.78, 5) is 15.7. The second-order valence-electron chi connectivity index (χ2n) is 8.07. The highest BCUT2D eigenvalue weighted by Gasteiger charge is 2.20. The van der Waals surface area contributed by atoms with Crippen molar-refractivity contribution in [2.45, 2.75) is 6.42 Å². The number of morpholine rings is 1. The quantitative estimate of drug-likeness (QED) is 0.314. The summed E-state index contributed by atoms with van der Waals surface area (Å²) in [5, 5.41) is 3.29. The molecule has 10 heteroatoms. The van der Waals surface area contributed by atoms with Crippen molar-refractivity contribution in [2.24, 2.45) is 4.99 Å². The van der Waals surface area contributed by atoms with Crippen molar-refractivity contribution >= 4 is 39.3 Å². The first-order valence-electron chi connectivity index (χ1n) is 11.4. The van der Waals surface area contributed by atoms with Crippen LogP contribution in [0.1, 0.15) is 12.0 Å². The number of fused-ring (bicyclic) bond motifs is 2. The third kappa shape index (κ3) is 5.72. The number of rotatable bonds is 8. The van der Waals surface area contributed by atoms with Crippen molar-refractivity contribution in [1.29, 1.82) is 0 Å². The standard InChI is InChI=1S/C25H26BrN5O4/c1-32-21-14-20-17(12-22(21)34-9-3-6-31-7-10-33-11-8-31)15-27-23-24(28-16-29-25(23)35-20)30-19-5-2-4-18(26)13-19/h2,4-5,12-16H,3,6-11H2,1H3,(H,28,29,30). The Hall–Kier alpha value is -3.21. The lowest BCUT2D eigenvalue weighted by Gasteiger charge is -2.26. The van der Waals surface area contributed by atoms with Gasteiger partial charge < -0.3 is 24.3 Å². The van der Waals surface area contributed by atoms with E-state index in [2.05, 4.69) is 41.1 Å². The molecule has 0 bridgehead atoms. The van der Waals surface area contributed by atoms with Crippen molar-refractivity contribution < 1.29 is 18.9 Å². The highest BCUT2D eigenvalue weighted by molar-refractivity contribution is 9.10. The zero-order valence-corrected chi connectivity index (χ0v) is 21.0. The van der Waals surface area contributed by atoms with E-state index in [9.17, 15) is 0 Å². The Labute approximate surface area is 212 Å². The fourth-order valence-electron chi connectivity index (χ4n) is 3.90. The third-order valence-electron chi connectivity index (χ3n) is 5.69. The van der Waals surface area contributed by atoms with Gasteiger partial charge in [0.15, 0.2) is 23.0 Å². The predicted molar refractivity (Wildman–Crippen MR) is 137 cm³/mol. The van der Waals surface area contributed by atoms with E-state index in [0.29, 0.717) is 41.2 Å². The molecule has 0 amide bonds. The van der Waals surface area contributed by atoms with E-state index in [1.807, 2.05) is 30.3 Å². The van der Waals surface area contributed by atoms with E-state index < -0.39 is 0 Å². The Morgan fingerprint density at radius 2 is 2.00 bits per heavy atom. The van der Waals surface area contributed by atoms with E-state index in [-0.39, 0.29) is 0 Å². The second-order valence-corrected chi connectivity index (χ2v) is 8.98. The minimum atomic E-state index is 0.355. The van der Waals surface area contributed by atoms with Crippen LogP contribution in [0.15, 0.2) is 52.2 Å². The van der Waals surface area contributed by atoms with Gasteiger partial charge in [0, 0.05) is 47.6 Å². The van der Waals surface area contributed by atoms with E-state index in [1.165, 1.54) is 6.33 Å². The Morgan fingerprint density at radius 1 is 1.11 bits per heavy atom. The van der Waals surface area contributed by atoms with Gasteiger partial charge in [0.1, 0.15) is 12.1 Å². The van der Waals surface area contributed by atoms with Crippen LogP contribution in [0.4, 0.5) is 17.2 Å². The SMILES string of the molecule is COc1cc2c(cc1OCCCN1CCOCC1)C=Nc1c(Nc3cccc(Br)c3)ncnc1O2. The zero-order valence-electron chi connectivity index (χ0n) is 19.4. The van der Waals surface area contributed by atoms with E-state index in [0.717, 1.165) is 55.0 Å². The molecule has 5 rings (SSSR count). The van der Waals surface area contributed by atoms with Crippen LogP contribution in [0, 0.1) is 0 Å². The number of halogens is 1. The van der Waals surface area contributed by atoms with Crippen LogP contribution in [0.3, 0.4) is 0 Å². The van der Waals surface area contributed by atoms with Crippen molar-refractivity contribution in [3.8, 4) is 23.1 Å². The molecular weight excluding hydrogens is 514 g/mol. The smallest absolute Gasteiger partial charge is 0.250 e. The number of nitrogens with zero attached hydrogens (tertiary/aromatic N) is 4. The van der Waals surface area contributed by atoms with Gasteiger partial charge in [-0.15, -0.1) is 0 Å². The lowest BCUT2D eigenvalue weighted by atomic mass is 10.2. The summed E-state index contributed by atoms with van der Waals surface area (Å²) < 4.78 is 24.1. The summed E-state index contributed by atoms with van der Waals surface area (Å²) in [7, 11) is 1.61. The number of nitrogens with one attached hydrogen (secondary N) is 1. The van der Waals surface area contributed by atoms with Crippen molar-refractivity contribution in [3.05, 3.63) is 52.8 Å².